The van der Waals surface area contributed by atoms with Crippen LogP contribution in [0.25, 0.3) is 0 Å². The van der Waals surface area contributed by atoms with Gasteiger partial charge in [-0.2, -0.15) is 0 Å². The summed E-state index contributed by atoms with van der Waals surface area (Å²) < 4.78 is 13.0. The number of benzene rings is 1. The van der Waals surface area contributed by atoms with Crippen LogP contribution in [0.2, 0.25) is 0 Å². The second-order valence-corrected chi connectivity index (χ2v) is 5.02. The molecule has 0 aromatic heterocycles. The van der Waals surface area contributed by atoms with Crippen LogP contribution in [0.5, 0.6) is 0 Å². The lowest BCUT2D eigenvalue weighted by atomic mass is 10.0. The van der Waals surface area contributed by atoms with Gasteiger partial charge in [0, 0.05) is 19.1 Å². The highest BCUT2D eigenvalue weighted by atomic mass is 19.1. The Morgan fingerprint density at radius 2 is 2.29 bits per heavy atom. The molecule has 0 saturated carbocycles. The number of nitrogens with two attached hydrogens (primary N) is 1. The van der Waals surface area contributed by atoms with Crippen molar-refractivity contribution in [2.24, 2.45) is 5.73 Å². The van der Waals surface area contributed by atoms with Crippen molar-refractivity contribution in [1.82, 2.24) is 4.90 Å². The Bertz CT molecular complexity index is 378. The van der Waals surface area contributed by atoms with Crippen molar-refractivity contribution < 1.29 is 4.39 Å². The Hall–Kier alpha value is -0.930. The molecule has 2 N–H and O–H groups in total. The lowest BCUT2D eigenvalue weighted by Crippen LogP contribution is -2.43. The largest absolute Gasteiger partial charge is 0.327 e. The van der Waals surface area contributed by atoms with E-state index in [1.54, 1.807) is 12.1 Å². The Kier molecular flexibility index (Phi) is 4.13. The normalized spacial score (nSPS) is 21.7. The molecule has 1 heterocycles. The SMILES string of the molecule is Cc1cc(F)ccc1CCN1CCCC(N)C1. The third-order valence-corrected chi connectivity index (χ3v) is 3.54. The molecule has 1 saturated heterocycles. The molecule has 1 aliphatic rings. The summed E-state index contributed by atoms with van der Waals surface area (Å²) in [6.45, 7) is 5.15. The molecule has 2 nitrogen and oxygen atoms in total. The number of halogens is 1. The number of likely N-dealkylation sites (tertiary alicyclic amines) is 1. The molecule has 0 aliphatic carbocycles. The minimum atomic E-state index is -0.147. The van der Waals surface area contributed by atoms with Crippen LogP contribution in [0.1, 0.15) is 24.0 Å². The van der Waals surface area contributed by atoms with Crippen molar-refractivity contribution in [3.05, 3.63) is 35.1 Å². The molecule has 17 heavy (non-hydrogen) atoms. The van der Waals surface area contributed by atoms with E-state index >= 15 is 0 Å². The quantitative estimate of drug-likeness (QED) is 0.871. The van der Waals surface area contributed by atoms with Crippen LogP contribution in [0, 0.1) is 12.7 Å². The zero-order chi connectivity index (χ0) is 12.3. The molecule has 1 atom stereocenters. The number of nitrogens with zero attached hydrogens (tertiary/aromatic N) is 1. The van der Waals surface area contributed by atoms with Gasteiger partial charge in [-0.25, -0.2) is 4.39 Å². The average molecular weight is 236 g/mol. The third kappa shape index (κ3) is 3.51. The van der Waals surface area contributed by atoms with Crippen molar-refractivity contribution in [2.45, 2.75) is 32.2 Å². The van der Waals surface area contributed by atoms with Gasteiger partial charge in [-0.15, -0.1) is 0 Å². The maximum Gasteiger partial charge on any atom is 0.123 e. The number of rotatable bonds is 3. The first-order valence-electron chi connectivity index (χ1n) is 6.38. The van der Waals surface area contributed by atoms with Gasteiger partial charge in [0.15, 0.2) is 0 Å². The number of aryl methyl sites for hydroxylation is 1. The predicted molar refractivity (Wildman–Crippen MR) is 68.5 cm³/mol. The van der Waals surface area contributed by atoms with Crippen LogP contribution in [0.4, 0.5) is 4.39 Å². The Balaban J connectivity index is 1.88. The van der Waals surface area contributed by atoms with Crippen LogP contribution in [0.15, 0.2) is 18.2 Å². The van der Waals surface area contributed by atoms with Crippen LogP contribution >= 0.6 is 0 Å². The van der Waals surface area contributed by atoms with Gasteiger partial charge in [-0.1, -0.05) is 6.07 Å². The van der Waals surface area contributed by atoms with Gasteiger partial charge in [0.05, 0.1) is 0 Å². The fourth-order valence-electron chi connectivity index (χ4n) is 2.51. The van der Waals surface area contributed by atoms with Gasteiger partial charge in [-0.3, -0.25) is 0 Å². The van der Waals surface area contributed by atoms with Gasteiger partial charge >= 0.3 is 0 Å². The van der Waals surface area contributed by atoms with E-state index in [0.717, 1.165) is 38.0 Å². The van der Waals surface area contributed by atoms with Crippen LogP contribution in [-0.4, -0.2) is 30.6 Å². The molecule has 0 spiro atoms. The Morgan fingerprint density at radius 3 is 3.00 bits per heavy atom. The number of hydrogen-bond acceptors (Lipinski definition) is 2. The molecule has 94 valence electrons. The maximum absolute atomic E-state index is 13.0. The van der Waals surface area contributed by atoms with Crippen LogP contribution in [0.3, 0.4) is 0 Å². The first kappa shape index (κ1) is 12.5. The lowest BCUT2D eigenvalue weighted by Gasteiger charge is -2.30. The van der Waals surface area contributed by atoms with E-state index in [2.05, 4.69) is 4.90 Å². The summed E-state index contributed by atoms with van der Waals surface area (Å²) in [6.07, 6.45) is 3.33. The van der Waals surface area contributed by atoms with Gasteiger partial charge in [0.1, 0.15) is 5.82 Å². The maximum atomic E-state index is 13.0. The first-order valence-corrected chi connectivity index (χ1v) is 6.38. The minimum Gasteiger partial charge on any atom is -0.327 e. The minimum absolute atomic E-state index is 0.147. The van der Waals surface area contributed by atoms with E-state index in [4.69, 9.17) is 5.73 Å². The molecule has 2 rings (SSSR count). The smallest absolute Gasteiger partial charge is 0.123 e. The highest BCUT2D eigenvalue weighted by Crippen LogP contribution is 2.13. The average Bonchev–Trinajstić information content (AvgIpc) is 2.28. The topological polar surface area (TPSA) is 29.3 Å². The van der Waals surface area contributed by atoms with Gasteiger partial charge in [0.2, 0.25) is 0 Å². The van der Waals surface area contributed by atoms with E-state index in [1.165, 1.54) is 12.0 Å². The third-order valence-electron chi connectivity index (χ3n) is 3.54. The van der Waals surface area contributed by atoms with Crippen molar-refractivity contribution in [2.75, 3.05) is 19.6 Å². The van der Waals surface area contributed by atoms with E-state index < -0.39 is 0 Å². The van der Waals surface area contributed by atoms with E-state index in [0.29, 0.717) is 6.04 Å². The summed E-state index contributed by atoms with van der Waals surface area (Å²) in [5, 5.41) is 0. The first-order chi connectivity index (χ1) is 8.15. The molecular formula is C14H21FN2. The molecule has 1 fully saturated rings. The number of piperidine rings is 1. The zero-order valence-corrected chi connectivity index (χ0v) is 10.5. The number of hydrogen-bond donors (Lipinski definition) is 1. The molecule has 1 unspecified atom stereocenters. The van der Waals surface area contributed by atoms with Crippen LogP contribution < -0.4 is 5.73 Å². The summed E-state index contributed by atoms with van der Waals surface area (Å²) in [5.41, 5.74) is 8.24. The fraction of sp³-hybridized carbons (Fsp3) is 0.571. The standard InChI is InChI=1S/C14H21FN2/c1-11-9-13(15)5-4-12(11)6-8-17-7-2-3-14(16)10-17/h4-5,9,14H,2-3,6-8,10,16H2,1H3. The van der Waals surface area contributed by atoms with E-state index in [-0.39, 0.29) is 5.82 Å². The fourth-order valence-corrected chi connectivity index (χ4v) is 2.51. The summed E-state index contributed by atoms with van der Waals surface area (Å²) in [4.78, 5) is 2.41. The van der Waals surface area contributed by atoms with Gasteiger partial charge in [0.25, 0.3) is 0 Å². The van der Waals surface area contributed by atoms with Crippen LogP contribution in [-0.2, 0) is 6.42 Å². The van der Waals surface area contributed by atoms with Crippen molar-refractivity contribution in [3.8, 4) is 0 Å². The molecule has 3 heteroatoms. The highest BCUT2D eigenvalue weighted by Gasteiger charge is 2.16. The summed E-state index contributed by atoms with van der Waals surface area (Å²) in [5.74, 6) is -0.147. The molecule has 1 aromatic rings. The van der Waals surface area contributed by atoms with Gasteiger partial charge < -0.3 is 10.6 Å². The Labute approximate surface area is 103 Å². The van der Waals surface area contributed by atoms with Crippen molar-refractivity contribution in [1.29, 1.82) is 0 Å². The summed E-state index contributed by atoms with van der Waals surface area (Å²) >= 11 is 0. The summed E-state index contributed by atoms with van der Waals surface area (Å²) in [7, 11) is 0. The van der Waals surface area contributed by atoms with Crippen molar-refractivity contribution in [3.63, 3.8) is 0 Å². The van der Waals surface area contributed by atoms with Gasteiger partial charge in [-0.05, 0) is 56.0 Å². The second kappa shape index (κ2) is 5.61. The second-order valence-electron chi connectivity index (χ2n) is 5.02. The lowest BCUT2D eigenvalue weighted by molar-refractivity contribution is 0.211. The molecule has 0 bridgehead atoms. The summed E-state index contributed by atoms with van der Waals surface area (Å²) in [6, 6.07) is 5.38. The van der Waals surface area contributed by atoms with E-state index in [9.17, 15) is 4.39 Å². The molecule has 1 aromatic carbocycles. The predicted octanol–water partition coefficient (Wildman–Crippen LogP) is 2.10. The van der Waals surface area contributed by atoms with Crippen molar-refractivity contribution >= 4 is 0 Å². The molecular weight excluding hydrogens is 215 g/mol. The highest BCUT2D eigenvalue weighted by molar-refractivity contribution is 5.26. The molecule has 0 amide bonds. The monoisotopic (exact) mass is 236 g/mol. The molecule has 0 radical (unpaired) electrons. The van der Waals surface area contributed by atoms with E-state index in [1.807, 2.05) is 13.0 Å². The molecule has 1 aliphatic heterocycles. The zero-order valence-electron chi connectivity index (χ0n) is 10.5. The Morgan fingerprint density at radius 1 is 1.47 bits per heavy atom.